The minimum atomic E-state index is -0.0218. The molecule has 1 atom stereocenters. The third-order valence-corrected chi connectivity index (χ3v) is 3.80. The molecule has 2 N–H and O–H groups in total. The van der Waals surface area contributed by atoms with Gasteiger partial charge in [-0.3, -0.25) is 4.79 Å². The van der Waals surface area contributed by atoms with E-state index in [0.717, 1.165) is 23.5 Å². The van der Waals surface area contributed by atoms with E-state index >= 15 is 0 Å². The van der Waals surface area contributed by atoms with Gasteiger partial charge in [-0.05, 0) is 43.9 Å². The van der Waals surface area contributed by atoms with Crippen LogP contribution in [0.25, 0.3) is 0 Å². The maximum absolute atomic E-state index is 12.4. The van der Waals surface area contributed by atoms with Crippen LogP contribution in [-0.4, -0.2) is 23.7 Å². The highest BCUT2D eigenvalue weighted by atomic mass is 16.2. The molecule has 2 rings (SSSR count). The van der Waals surface area contributed by atoms with Gasteiger partial charge in [0.2, 0.25) is 0 Å². The molecule has 21 heavy (non-hydrogen) atoms. The highest BCUT2D eigenvalue weighted by Crippen LogP contribution is 2.33. The lowest BCUT2D eigenvalue weighted by Crippen LogP contribution is -2.33. The molecule has 0 saturated heterocycles. The fraction of sp³-hybridized carbons (Fsp3) is 0.500. The van der Waals surface area contributed by atoms with Crippen molar-refractivity contribution >= 4 is 5.91 Å². The van der Waals surface area contributed by atoms with E-state index in [0.29, 0.717) is 12.0 Å². The Bertz CT molecular complexity index is 564. The molecule has 1 aliphatic rings. The van der Waals surface area contributed by atoms with E-state index in [1.807, 2.05) is 25.1 Å². The summed E-state index contributed by atoms with van der Waals surface area (Å²) >= 11 is 0. The quantitative estimate of drug-likeness (QED) is 0.817. The second kappa shape index (κ2) is 7.28. The van der Waals surface area contributed by atoms with Crippen LogP contribution in [0, 0.1) is 24.7 Å². The van der Waals surface area contributed by atoms with Crippen LogP contribution in [0.2, 0.25) is 0 Å². The number of amides is 1. The summed E-state index contributed by atoms with van der Waals surface area (Å²) in [6, 6.07) is 5.82. The van der Waals surface area contributed by atoms with E-state index in [4.69, 9.17) is 5.11 Å². The third-order valence-electron chi connectivity index (χ3n) is 3.80. The first-order valence-electron chi connectivity index (χ1n) is 7.62. The Kier molecular flexibility index (Phi) is 5.41. The molecule has 1 fully saturated rings. The molecule has 1 aromatic carbocycles. The lowest BCUT2D eigenvalue weighted by atomic mass is 10.0. The molecule has 0 heterocycles. The fourth-order valence-electron chi connectivity index (χ4n) is 2.44. The van der Waals surface area contributed by atoms with Gasteiger partial charge in [0, 0.05) is 23.6 Å². The zero-order valence-corrected chi connectivity index (χ0v) is 12.8. The van der Waals surface area contributed by atoms with Gasteiger partial charge in [0.15, 0.2) is 0 Å². The molecular weight excluding hydrogens is 262 g/mol. The van der Waals surface area contributed by atoms with Crippen molar-refractivity contribution in [3.63, 3.8) is 0 Å². The number of aliphatic hydroxyl groups is 1. The van der Waals surface area contributed by atoms with Gasteiger partial charge >= 0.3 is 0 Å². The largest absolute Gasteiger partial charge is 0.395 e. The SMILES string of the molecule is Cc1c(C#CCCO)cccc1C(=O)NC(C)CC1CC1. The Balaban J connectivity index is 2.06. The summed E-state index contributed by atoms with van der Waals surface area (Å²) in [4.78, 5) is 12.4. The summed E-state index contributed by atoms with van der Waals surface area (Å²) in [5.41, 5.74) is 2.44. The summed E-state index contributed by atoms with van der Waals surface area (Å²) in [5, 5.41) is 11.8. The van der Waals surface area contributed by atoms with Crippen LogP contribution < -0.4 is 5.32 Å². The van der Waals surface area contributed by atoms with Gasteiger partial charge in [-0.25, -0.2) is 0 Å². The molecule has 3 heteroatoms. The molecule has 3 nitrogen and oxygen atoms in total. The first-order chi connectivity index (χ1) is 10.1. The van der Waals surface area contributed by atoms with Crippen LogP contribution in [0.4, 0.5) is 0 Å². The molecule has 0 aromatic heterocycles. The zero-order valence-electron chi connectivity index (χ0n) is 12.8. The van der Waals surface area contributed by atoms with Crippen LogP contribution in [0.3, 0.4) is 0 Å². The highest BCUT2D eigenvalue weighted by Gasteiger charge is 2.24. The van der Waals surface area contributed by atoms with Crippen molar-refractivity contribution in [2.24, 2.45) is 5.92 Å². The number of carbonyl (C=O) groups is 1. The number of rotatable bonds is 5. The van der Waals surface area contributed by atoms with Gasteiger partial charge in [-0.1, -0.05) is 30.7 Å². The van der Waals surface area contributed by atoms with E-state index in [1.54, 1.807) is 0 Å². The van der Waals surface area contributed by atoms with Crippen LogP contribution in [0.1, 0.15) is 54.1 Å². The van der Waals surface area contributed by atoms with E-state index in [1.165, 1.54) is 12.8 Å². The van der Waals surface area contributed by atoms with E-state index in [2.05, 4.69) is 24.1 Å². The fourth-order valence-corrected chi connectivity index (χ4v) is 2.44. The van der Waals surface area contributed by atoms with Gasteiger partial charge in [-0.2, -0.15) is 0 Å². The topological polar surface area (TPSA) is 49.3 Å². The Hall–Kier alpha value is -1.79. The first kappa shape index (κ1) is 15.6. The van der Waals surface area contributed by atoms with Gasteiger partial charge in [0.25, 0.3) is 5.91 Å². The summed E-state index contributed by atoms with van der Waals surface area (Å²) in [6.07, 6.45) is 4.12. The predicted octanol–water partition coefficient (Wildman–Crippen LogP) is 2.65. The molecule has 1 aromatic rings. The van der Waals surface area contributed by atoms with E-state index < -0.39 is 0 Å². The molecule has 1 saturated carbocycles. The van der Waals surface area contributed by atoms with Crippen LogP contribution >= 0.6 is 0 Å². The Morgan fingerprint density at radius 2 is 2.24 bits per heavy atom. The monoisotopic (exact) mass is 285 g/mol. The Morgan fingerprint density at radius 1 is 1.48 bits per heavy atom. The molecule has 1 unspecified atom stereocenters. The number of nitrogens with one attached hydrogen (secondary N) is 1. The van der Waals surface area contributed by atoms with Crippen molar-refractivity contribution in [2.75, 3.05) is 6.61 Å². The van der Waals surface area contributed by atoms with Gasteiger partial charge in [0.1, 0.15) is 0 Å². The molecule has 0 aliphatic heterocycles. The molecule has 0 bridgehead atoms. The molecule has 0 spiro atoms. The van der Waals surface area contributed by atoms with E-state index in [9.17, 15) is 4.79 Å². The molecule has 1 aliphatic carbocycles. The van der Waals surface area contributed by atoms with Crippen molar-refractivity contribution in [1.29, 1.82) is 0 Å². The average molecular weight is 285 g/mol. The van der Waals surface area contributed by atoms with Gasteiger partial charge in [0.05, 0.1) is 6.61 Å². The number of aliphatic hydroxyl groups excluding tert-OH is 1. The molecular formula is C18H23NO2. The van der Waals surface area contributed by atoms with Crippen LogP contribution in [0.15, 0.2) is 18.2 Å². The summed E-state index contributed by atoms with van der Waals surface area (Å²) < 4.78 is 0. The van der Waals surface area contributed by atoms with E-state index in [-0.39, 0.29) is 18.6 Å². The van der Waals surface area contributed by atoms with Crippen molar-refractivity contribution in [1.82, 2.24) is 5.32 Å². The maximum Gasteiger partial charge on any atom is 0.251 e. The summed E-state index contributed by atoms with van der Waals surface area (Å²) in [7, 11) is 0. The third kappa shape index (κ3) is 4.61. The zero-order chi connectivity index (χ0) is 15.2. The maximum atomic E-state index is 12.4. The normalized spacial score (nSPS) is 15.0. The molecule has 112 valence electrons. The highest BCUT2D eigenvalue weighted by molar-refractivity contribution is 5.96. The number of hydrogen-bond donors (Lipinski definition) is 2. The second-order valence-electron chi connectivity index (χ2n) is 5.81. The Labute approximate surface area is 126 Å². The van der Waals surface area contributed by atoms with Crippen LogP contribution in [-0.2, 0) is 0 Å². The minimum absolute atomic E-state index is 0.0218. The smallest absolute Gasteiger partial charge is 0.251 e. The summed E-state index contributed by atoms with van der Waals surface area (Å²) in [5.74, 6) is 6.70. The average Bonchev–Trinajstić information content (AvgIpc) is 3.24. The lowest BCUT2D eigenvalue weighted by Gasteiger charge is -2.15. The molecule has 1 amide bonds. The second-order valence-corrected chi connectivity index (χ2v) is 5.81. The predicted molar refractivity (Wildman–Crippen MR) is 84.0 cm³/mol. The number of hydrogen-bond acceptors (Lipinski definition) is 2. The van der Waals surface area contributed by atoms with Crippen LogP contribution in [0.5, 0.6) is 0 Å². The van der Waals surface area contributed by atoms with Crippen molar-refractivity contribution in [3.05, 3.63) is 34.9 Å². The van der Waals surface area contributed by atoms with Crippen molar-refractivity contribution < 1.29 is 9.90 Å². The minimum Gasteiger partial charge on any atom is -0.395 e. The molecule has 0 radical (unpaired) electrons. The number of carbonyl (C=O) groups excluding carboxylic acids is 1. The first-order valence-corrected chi connectivity index (χ1v) is 7.62. The number of benzene rings is 1. The van der Waals surface area contributed by atoms with Gasteiger partial charge < -0.3 is 10.4 Å². The lowest BCUT2D eigenvalue weighted by molar-refractivity contribution is 0.0937. The van der Waals surface area contributed by atoms with Gasteiger partial charge in [-0.15, -0.1) is 0 Å². The Morgan fingerprint density at radius 3 is 2.90 bits per heavy atom. The standard InChI is InChI=1S/C18H23NO2/c1-13(12-15-9-10-15)19-18(21)17-8-5-7-16(14(17)2)6-3-4-11-20/h5,7-8,13,15,20H,4,9-12H2,1-2H3,(H,19,21). The van der Waals surface area contributed by atoms with Crippen molar-refractivity contribution in [2.45, 2.75) is 45.6 Å². The van der Waals surface area contributed by atoms with Crippen molar-refractivity contribution in [3.8, 4) is 11.8 Å². The summed E-state index contributed by atoms with van der Waals surface area (Å²) in [6.45, 7) is 4.05.